The molecule has 2 aromatic heterocycles. The molecule has 112 valence electrons. The predicted molar refractivity (Wildman–Crippen MR) is 86.1 cm³/mol. The van der Waals surface area contributed by atoms with Gasteiger partial charge < -0.3 is 5.32 Å². The minimum Gasteiger partial charge on any atom is -0.319 e. The van der Waals surface area contributed by atoms with Crippen LogP contribution in [0, 0.1) is 19.8 Å². The van der Waals surface area contributed by atoms with Gasteiger partial charge in [-0.1, -0.05) is 6.92 Å². The van der Waals surface area contributed by atoms with Gasteiger partial charge in [0, 0.05) is 17.3 Å². The molecule has 0 spiro atoms. The molecular formula is C16H21N3OS. The van der Waals surface area contributed by atoms with Crippen molar-refractivity contribution in [2.75, 3.05) is 5.32 Å². The molecule has 1 atom stereocenters. The Bertz CT molecular complexity index is 699. The minimum atomic E-state index is 0.00116. The summed E-state index contributed by atoms with van der Waals surface area (Å²) in [6.45, 7) is 6.18. The van der Waals surface area contributed by atoms with Gasteiger partial charge in [0.1, 0.15) is 0 Å². The van der Waals surface area contributed by atoms with E-state index in [9.17, 15) is 4.79 Å². The first-order valence-corrected chi connectivity index (χ1v) is 8.26. The van der Waals surface area contributed by atoms with E-state index < -0.39 is 0 Å². The van der Waals surface area contributed by atoms with Crippen LogP contribution in [0.25, 0.3) is 0 Å². The van der Waals surface area contributed by atoms with Crippen LogP contribution < -0.4 is 5.32 Å². The Morgan fingerprint density at radius 1 is 1.48 bits per heavy atom. The van der Waals surface area contributed by atoms with E-state index in [2.05, 4.69) is 17.3 Å². The summed E-state index contributed by atoms with van der Waals surface area (Å²) < 4.78 is 1.80. The van der Waals surface area contributed by atoms with E-state index in [1.807, 2.05) is 26.3 Å². The molecule has 0 radical (unpaired) electrons. The number of hydrogen-bond acceptors (Lipinski definition) is 3. The van der Waals surface area contributed by atoms with Gasteiger partial charge in [-0.05, 0) is 44.6 Å². The number of carbonyl (C=O) groups is 1. The van der Waals surface area contributed by atoms with Crippen LogP contribution in [0.1, 0.15) is 45.5 Å². The van der Waals surface area contributed by atoms with E-state index in [1.165, 1.54) is 16.9 Å². The van der Waals surface area contributed by atoms with Crippen molar-refractivity contribution in [3.05, 3.63) is 32.8 Å². The van der Waals surface area contributed by atoms with Crippen LogP contribution in [0.15, 0.2) is 5.38 Å². The predicted octanol–water partition coefficient (Wildman–Crippen LogP) is 3.48. The van der Waals surface area contributed by atoms with Crippen molar-refractivity contribution in [2.24, 2.45) is 13.0 Å². The zero-order valence-corrected chi connectivity index (χ0v) is 13.8. The summed E-state index contributed by atoms with van der Waals surface area (Å²) in [4.78, 5) is 14.0. The highest BCUT2D eigenvalue weighted by Gasteiger charge is 2.24. The standard InChI is InChI=1S/C16H21N3OS/c1-9-5-6-12-13(8-21-14(12)7-9)16(20)17-15-10(2)18-19(4)11(15)3/h8-9H,5-7H2,1-4H3,(H,17,20)/t9-/m1/s1. The number of nitrogens with zero attached hydrogens (tertiary/aromatic N) is 2. The van der Waals surface area contributed by atoms with Crippen molar-refractivity contribution in [2.45, 2.75) is 40.0 Å². The van der Waals surface area contributed by atoms with Gasteiger partial charge in [-0.3, -0.25) is 9.48 Å². The number of fused-ring (bicyclic) bond motifs is 1. The molecule has 4 nitrogen and oxygen atoms in total. The van der Waals surface area contributed by atoms with Crippen molar-refractivity contribution < 1.29 is 4.79 Å². The largest absolute Gasteiger partial charge is 0.319 e. The second kappa shape index (κ2) is 5.30. The van der Waals surface area contributed by atoms with E-state index in [1.54, 1.807) is 16.0 Å². The Balaban J connectivity index is 1.87. The second-order valence-corrected chi connectivity index (χ2v) is 6.99. The van der Waals surface area contributed by atoms with Crippen LogP contribution in [0.3, 0.4) is 0 Å². The van der Waals surface area contributed by atoms with Gasteiger partial charge in [0.15, 0.2) is 0 Å². The fraction of sp³-hybridized carbons (Fsp3) is 0.500. The molecule has 0 aliphatic heterocycles. The first-order chi connectivity index (χ1) is 9.97. The average molecular weight is 303 g/mol. The van der Waals surface area contributed by atoms with Gasteiger partial charge in [0.25, 0.3) is 5.91 Å². The molecule has 1 aliphatic carbocycles. The summed E-state index contributed by atoms with van der Waals surface area (Å²) in [7, 11) is 1.89. The average Bonchev–Trinajstić information content (AvgIpc) is 2.95. The summed E-state index contributed by atoms with van der Waals surface area (Å²) >= 11 is 1.73. The van der Waals surface area contributed by atoms with Crippen molar-refractivity contribution >= 4 is 22.9 Å². The van der Waals surface area contributed by atoms with Gasteiger partial charge in [-0.2, -0.15) is 5.10 Å². The number of anilines is 1. The van der Waals surface area contributed by atoms with E-state index >= 15 is 0 Å². The lowest BCUT2D eigenvalue weighted by atomic mass is 9.88. The Morgan fingerprint density at radius 2 is 2.24 bits per heavy atom. The van der Waals surface area contributed by atoms with Crippen LogP contribution in [-0.4, -0.2) is 15.7 Å². The molecule has 5 heteroatoms. The normalized spacial score (nSPS) is 17.6. The lowest BCUT2D eigenvalue weighted by Crippen LogP contribution is -2.17. The van der Waals surface area contributed by atoms with Crippen molar-refractivity contribution in [3.8, 4) is 0 Å². The number of rotatable bonds is 2. The molecule has 1 amide bonds. The molecule has 0 unspecified atom stereocenters. The molecular weight excluding hydrogens is 282 g/mol. The topological polar surface area (TPSA) is 46.9 Å². The number of thiophene rings is 1. The Labute approximate surface area is 129 Å². The van der Waals surface area contributed by atoms with Crippen LogP contribution in [0.5, 0.6) is 0 Å². The third kappa shape index (κ3) is 2.50. The summed E-state index contributed by atoms with van der Waals surface area (Å²) in [6, 6.07) is 0. The van der Waals surface area contributed by atoms with Crippen molar-refractivity contribution in [3.63, 3.8) is 0 Å². The van der Waals surface area contributed by atoms with Gasteiger partial charge in [0.2, 0.25) is 0 Å². The minimum absolute atomic E-state index is 0.00116. The summed E-state index contributed by atoms with van der Waals surface area (Å²) in [5, 5.41) is 9.41. The molecule has 0 aromatic carbocycles. The Kier molecular flexibility index (Phi) is 3.61. The third-order valence-electron chi connectivity index (χ3n) is 4.39. The quantitative estimate of drug-likeness (QED) is 0.923. The lowest BCUT2D eigenvalue weighted by Gasteiger charge is -2.18. The lowest BCUT2D eigenvalue weighted by molar-refractivity contribution is 0.102. The Hall–Kier alpha value is -1.62. The van der Waals surface area contributed by atoms with Crippen LogP contribution in [0.4, 0.5) is 5.69 Å². The number of amides is 1. The molecule has 0 fully saturated rings. The van der Waals surface area contributed by atoms with Crippen molar-refractivity contribution in [1.82, 2.24) is 9.78 Å². The molecule has 21 heavy (non-hydrogen) atoms. The van der Waals surface area contributed by atoms with E-state index in [0.717, 1.165) is 41.4 Å². The van der Waals surface area contributed by atoms with Gasteiger partial charge in [-0.15, -0.1) is 11.3 Å². The number of nitrogens with one attached hydrogen (secondary N) is 1. The van der Waals surface area contributed by atoms with Crippen molar-refractivity contribution in [1.29, 1.82) is 0 Å². The van der Waals surface area contributed by atoms with E-state index in [4.69, 9.17) is 0 Å². The molecule has 2 heterocycles. The third-order valence-corrected chi connectivity index (χ3v) is 5.45. The van der Waals surface area contributed by atoms with Crippen LogP contribution in [-0.2, 0) is 19.9 Å². The van der Waals surface area contributed by atoms with E-state index in [-0.39, 0.29) is 5.91 Å². The smallest absolute Gasteiger partial charge is 0.256 e. The summed E-state index contributed by atoms with van der Waals surface area (Å²) in [6.07, 6.45) is 3.31. The molecule has 3 rings (SSSR count). The molecule has 0 saturated carbocycles. The fourth-order valence-electron chi connectivity index (χ4n) is 3.00. The van der Waals surface area contributed by atoms with Gasteiger partial charge >= 0.3 is 0 Å². The SMILES string of the molecule is Cc1nn(C)c(C)c1NC(=O)c1csc2c1CC[C@@H](C)C2. The maximum atomic E-state index is 12.6. The van der Waals surface area contributed by atoms with Gasteiger partial charge in [0.05, 0.1) is 22.6 Å². The van der Waals surface area contributed by atoms with Crippen LogP contribution >= 0.6 is 11.3 Å². The summed E-state index contributed by atoms with van der Waals surface area (Å²) in [5.41, 5.74) is 4.80. The highest BCUT2D eigenvalue weighted by Crippen LogP contribution is 2.33. The van der Waals surface area contributed by atoms with Gasteiger partial charge in [-0.25, -0.2) is 0 Å². The number of aromatic nitrogens is 2. The number of hydrogen-bond donors (Lipinski definition) is 1. The maximum Gasteiger partial charge on any atom is 0.256 e. The molecule has 2 aromatic rings. The number of carbonyl (C=O) groups excluding carboxylic acids is 1. The second-order valence-electron chi connectivity index (χ2n) is 6.02. The molecule has 0 bridgehead atoms. The Morgan fingerprint density at radius 3 is 2.90 bits per heavy atom. The van der Waals surface area contributed by atoms with E-state index in [0.29, 0.717) is 0 Å². The highest BCUT2D eigenvalue weighted by atomic mass is 32.1. The molecule has 1 aliphatic rings. The monoisotopic (exact) mass is 303 g/mol. The molecule has 1 N–H and O–H groups in total. The first-order valence-electron chi connectivity index (χ1n) is 7.38. The first kappa shape index (κ1) is 14.3. The number of aryl methyl sites for hydroxylation is 2. The highest BCUT2D eigenvalue weighted by molar-refractivity contribution is 7.10. The zero-order valence-electron chi connectivity index (χ0n) is 13.0. The fourth-order valence-corrected chi connectivity index (χ4v) is 4.25. The maximum absolute atomic E-state index is 12.6. The van der Waals surface area contributed by atoms with Crippen LogP contribution in [0.2, 0.25) is 0 Å². The zero-order chi connectivity index (χ0) is 15.1. The summed E-state index contributed by atoms with van der Waals surface area (Å²) in [5.74, 6) is 0.733. The molecule has 0 saturated heterocycles.